The number of anilines is 1. The molecule has 1 rings (SSSR count). The number of rotatable bonds is 7. The molecule has 0 amide bonds. The Morgan fingerprint density at radius 3 is 1.95 bits per heavy atom. The lowest BCUT2D eigenvalue weighted by Crippen LogP contribution is -2.31. The van der Waals surface area contributed by atoms with Crippen molar-refractivity contribution in [1.82, 2.24) is 0 Å². The third-order valence-corrected chi connectivity index (χ3v) is 2.99. The van der Waals surface area contributed by atoms with Gasteiger partial charge in [-0.2, -0.15) is 0 Å². The Balaban J connectivity index is 2.97. The number of nitrogens with two attached hydrogens (primary N) is 1. The number of hydrogen-bond acceptors (Lipinski definition) is 5. The quantitative estimate of drug-likeness (QED) is 0.793. The van der Waals surface area contributed by atoms with E-state index in [9.17, 15) is 0 Å². The molecular formula is C14H24N2O3. The van der Waals surface area contributed by atoms with Crippen LogP contribution in [0.5, 0.6) is 17.2 Å². The summed E-state index contributed by atoms with van der Waals surface area (Å²) in [5.74, 6) is 1.86. The SMILES string of the molecule is COc1cc(NCC(C)(C)CN)cc(OC)c1OC. The summed E-state index contributed by atoms with van der Waals surface area (Å²) < 4.78 is 15.9. The van der Waals surface area contributed by atoms with E-state index >= 15 is 0 Å². The van der Waals surface area contributed by atoms with E-state index in [4.69, 9.17) is 19.9 Å². The van der Waals surface area contributed by atoms with Crippen molar-refractivity contribution in [2.24, 2.45) is 11.1 Å². The summed E-state index contributed by atoms with van der Waals surface area (Å²) in [6.45, 7) is 5.60. The normalized spacial score (nSPS) is 11.1. The number of ether oxygens (including phenoxy) is 3. The fraction of sp³-hybridized carbons (Fsp3) is 0.571. The molecule has 0 aromatic heterocycles. The van der Waals surface area contributed by atoms with Crippen LogP contribution < -0.4 is 25.3 Å². The highest BCUT2D eigenvalue weighted by molar-refractivity contribution is 5.62. The van der Waals surface area contributed by atoms with Crippen molar-refractivity contribution in [1.29, 1.82) is 0 Å². The summed E-state index contributed by atoms with van der Waals surface area (Å²) in [5.41, 5.74) is 6.66. The standard InChI is InChI=1S/C14H24N2O3/c1-14(2,8-15)9-16-10-6-11(17-3)13(19-5)12(7-10)18-4/h6-7,16H,8-9,15H2,1-5H3. The van der Waals surface area contributed by atoms with Crippen LogP contribution in [0, 0.1) is 5.41 Å². The maximum absolute atomic E-state index is 5.72. The second-order valence-corrected chi connectivity index (χ2v) is 5.14. The monoisotopic (exact) mass is 268 g/mol. The average molecular weight is 268 g/mol. The third kappa shape index (κ3) is 3.92. The lowest BCUT2D eigenvalue weighted by atomic mass is 9.94. The molecule has 5 heteroatoms. The molecule has 1 aromatic rings. The Bertz CT molecular complexity index is 394. The minimum Gasteiger partial charge on any atom is -0.493 e. The highest BCUT2D eigenvalue weighted by Gasteiger charge is 2.17. The maximum atomic E-state index is 5.72. The Kier molecular flexibility index (Phi) is 5.30. The zero-order valence-electron chi connectivity index (χ0n) is 12.4. The molecule has 0 unspecified atom stereocenters. The van der Waals surface area contributed by atoms with Crippen LogP contribution in [0.3, 0.4) is 0 Å². The Hall–Kier alpha value is -1.62. The summed E-state index contributed by atoms with van der Waals surface area (Å²) in [7, 11) is 4.79. The van der Waals surface area contributed by atoms with E-state index in [1.807, 2.05) is 12.1 Å². The van der Waals surface area contributed by atoms with Crippen LogP contribution in [0.4, 0.5) is 5.69 Å². The van der Waals surface area contributed by atoms with Gasteiger partial charge in [0.15, 0.2) is 11.5 Å². The lowest BCUT2D eigenvalue weighted by Gasteiger charge is -2.24. The number of benzene rings is 1. The molecule has 0 aliphatic carbocycles. The molecule has 3 N–H and O–H groups in total. The molecule has 0 atom stereocenters. The fourth-order valence-corrected chi connectivity index (χ4v) is 1.60. The van der Waals surface area contributed by atoms with Crippen LogP contribution in [0.15, 0.2) is 12.1 Å². The van der Waals surface area contributed by atoms with Crippen molar-refractivity contribution in [2.75, 3.05) is 39.7 Å². The Labute approximate surface area is 115 Å². The number of hydrogen-bond donors (Lipinski definition) is 2. The van der Waals surface area contributed by atoms with Gasteiger partial charge in [0.1, 0.15) is 0 Å². The third-order valence-electron chi connectivity index (χ3n) is 2.99. The molecule has 0 saturated carbocycles. The van der Waals surface area contributed by atoms with E-state index in [1.165, 1.54) is 0 Å². The van der Waals surface area contributed by atoms with Crippen molar-refractivity contribution in [3.63, 3.8) is 0 Å². The molecule has 108 valence electrons. The molecule has 0 spiro atoms. The van der Waals surface area contributed by atoms with Gasteiger partial charge in [0, 0.05) is 24.4 Å². The molecule has 5 nitrogen and oxygen atoms in total. The van der Waals surface area contributed by atoms with Crippen molar-refractivity contribution in [3.05, 3.63) is 12.1 Å². The van der Waals surface area contributed by atoms with Gasteiger partial charge < -0.3 is 25.3 Å². The number of nitrogens with one attached hydrogen (secondary N) is 1. The maximum Gasteiger partial charge on any atom is 0.203 e. The van der Waals surface area contributed by atoms with E-state index < -0.39 is 0 Å². The molecule has 0 bridgehead atoms. The highest BCUT2D eigenvalue weighted by Crippen LogP contribution is 2.40. The highest BCUT2D eigenvalue weighted by atomic mass is 16.5. The number of methoxy groups -OCH3 is 3. The summed E-state index contributed by atoms with van der Waals surface area (Å²) >= 11 is 0. The molecule has 0 aliphatic heterocycles. The molecule has 1 aromatic carbocycles. The molecule has 0 saturated heterocycles. The van der Waals surface area contributed by atoms with Crippen LogP contribution in [0.25, 0.3) is 0 Å². The van der Waals surface area contributed by atoms with Gasteiger partial charge in [-0.25, -0.2) is 0 Å². The zero-order chi connectivity index (χ0) is 14.5. The molecular weight excluding hydrogens is 244 g/mol. The van der Waals surface area contributed by atoms with Gasteiger partial charge in [0.2, 0.25) is 5.75 Å². The van der Waals surface area contributed by atoms with E-state index in [1.54, 1.807) is 21.3 Å². The Morgan fingerprint density at radius 2 is 1.58 bits per heavy atom. The summed E-state index contributed by atoms with van der Waals surface area (Å²) in [6, 6.07) is 3.77. The fourth-order valence-electron chi connectivity index (χ4n) is 1.60. The van der Waals surface area contributed by atoms with Gasteiger partial charge >= 0.3 is 0 Å². The van der Waals surface area contributed by atoms with Gasteiger partial charge in [-0.1, -0.05) is 13.8 Å². The van der Waals surface area contributed by atoms with Gasteiger partial charge in [-0.05, 0) is 12.0 Å². The summed E-state index contributed by atoms with van der Waals surface area (Å²) in [4.78, 5) is 0. The van der Waals surface area contributed by atoms with Gasteiger partial charge in [-0.15, -0.1) is 0 Å². The molecule has 0 fully saturated rings. The van der Waals surface area contributed by atoms with E-state index in [-0.39, 0.29) is 5.41 Å². The first-order chi connectivity index (χ1) is 8.97. The van der Waals surface area contributed by atoms with E-state index in [0.717, 1.165) is 12.2 Å². The van der Waals surface area contributed by atoms with Crippen LogP contribution in [0.2, 0.25) is 0 Å². The minimum atomic E-state index is 0.0282. The summed E-state index contributed by atoms with van der Waals surface area (Å²) in [5, 5.41) is 3.34. The second kappa shape index (κ2) is 6.52. The van der Waals surface area contributed by atoms with Crippen LogP contribution in [-0.2, 0) is 0 Å². The van der Waals surface area contributed by atoms with Crippen LogP contribution in [0.1, 0.15) is 13.8 Å². The summed E-state index contributed by atoms with van der Waals surface area (Å²) in [6.07, 6.45) is 0. The van der Waals surface area contributed by atoms with Crippen molar-refractivity contribution in [3.8, 4) is 17.2 Å². The minimum absolute atomic E-state index is 0.0282. The van der Waals surface area contributed by atoms with Gasteiger partial charge in [0.25, 0.3) is 0 Å². The predicted octanol–water partition coefficient (Wildman–Crippen LogP) is 2.11. The van der Waals surface area contributed by atoms with Crippen LogP contribution in [-0.4, -0.2) is 34.4 Å². The molecule has 0 heterocycles. The topological polar surface area (TPSA) is 65.7 Å². The molecule has 0 radical (unpaired) electrons. The van der Waals surface area contributed by atoms with Crippen molar-refractivity contribution < 1.29 is 14.2 Å². The van der Waals surface area contributed by atoms with Gasteiger partial charge in [0.05, 0.1) is 21.3 Å². The lowest BCUT2D eigenvalue weighted by molar-refractivity contribution is 0.324. The average Bonchev–Trinajstić information content (AvgIpc) is 2.43. The first-order valence-corrected chi connectivity index (χ1v) is 6.21. The Morgan fingerprint density at radius 1 is 1.05 bits per heavy atom. The first-order valence-electron chi connectivity index (χ1n) is 6.21. The van der Waals surface area contributed by atoms with Gasteiger partial charge in [-0.3, -0.25) is 0 Å². The molecule has 19 heavy (non-hydrogen) atoms. The largest absolute Gasteiger partial charge is 0.493 e. The smallest absolute Gasteiger partial charge is 0.203 e. The van der Waals surface area contributed by atoms with Crippen molar-refractivity contribution >= 4 is 5.69 Å². The first kappa shape index (κ1) is 15.4. The second-order valence-electron chi connectivity index (χ2n) is 5.14. The van der Waals surface area contributed by atoms with E-state index in [2.05, 4.69) is 19.2 Å². The molecule has 0 aliphatic rings. The van der Waals surface area contributed by atoms with Crippen molar-refractivity contribution in [2.45, 2.75) is 13.8 Å². The zero-order valence-corrected chi connectivity index (χ0v) is 12.4. The van der Waals surface area contributed by atoms with E-state index in [0.29, 0.717) is 23.8 Å². The predicted molar refractivity (Wildman–Crippen MR) is 77.4 cm³/mol. The van der Waals surface area contributed by atoms with Crippen LogP contribution >= 0.6 is 0 Å².